The van der Waals surface area contributed by atoms with Crippen LogP contribution in [-0.4, -0.2) is 18.0 Å². The van der Waals surface area contributed by atoms with Crippen molar-refractivity contribution in [3.8, 4) is 0 Å². The molecule has 1 unspecified atom stereocenters. The van der Waals surface area contributed by atoms with Crippen LogP contribution in [0, 0.1) is 0 Å². The summed E-state index contributed by atoms with van der Waals surface area (Å²) in [5.41, 5.74) is 0. The molecular formula is C8H11ClFN. The van der Waals surface area contributed by atoms with Crippen molar-refractivity contribution < 1.29 is 4.39 Å². The van der Waals surface area contributed by atoms with Gasteiger partial charge in [0.15, 0.2) is 0 Å². The Bertz CT molecular complexity index is 210. The van der Waals surface area contributed by atoms with Crippen molar-refractivity contribution in [3.05, 3.63) is 23.1 Å². The molecule has 0 aromatic heterocycles. The lowest BCUT2D eigenvalue weighted by atomic mass is 10.1. The first-order chi connectivity index (χ1) is 5.15. The van der Waals surface area contributed by atoms with Crippen LogP contribution in [-0.2, 0) is 0 Å². The third-order valence-electron chi connectivity index (χ3n) is 1.80. The molecule has 0 radical (unpaired) electrons. The fourth-order valence-electron chi connectivity index (χ4n) is 1.23. The molecule has 1 rings (SSSR count). The van der Waals surface area contributed by atoms with E-state index in [-0.39, 0.29) is 11.9 Å². The van der Waals surface area contributed by atoms with Gasteiger partial charge in [0.25, 0.3) is 0 Å². The molecule has 0 saturated carbocycles. The molecule has 0 aliphatic carbocycles. The van der Waals surface area contributed by atoms with Crippen LogP contribution in [0.1, 0.15) is 13.3 Å². The Kier molecular flexibility index (Phi) is 2.55. The number of hydrogen-bond donors (Lipinski definition) is 0. The molecule has 1 aliphatic heterocycles. The van der Waals surface area contributed by atoms with E-state index < -0.39 is 0 Å². The zero-order valence-electron chi connectivity index (χ0n) is 6.64. The quantitative estimate of drug-likeness (QED) is 0.592. The van der Waals surface area contributed by atoms with Crippen molar-refractivity contribution in [1.29, 1.82) is 0 Å². The van der Waals surface area contributed by atoms with Crippen LogP contribution in [0.2, 0.25) is 0 Å². The second-order valence-corrected chi connectivity index (χ2v) is 3.07. The van der Waals surface area contributed by atoms with Crippen LogP contribution < -0.4 is 0 Å². The summed E-state index contributed by atoms with van der Waals surface area (Å²) in [5.74, 6) is -0.276. The molecule has 1 atom stereocenters. The Hall–Kier alpha value is -0.500. The van der Waals surface area contributed by atoms with Crippen LogP contribution in [0.25, 0.3) is 0 Å². The number of nitrogens with zero attached hydrogens (tertiary/aromatic N) is 1. The number of halogens is 2. The predicted molar refractivity (Wildman–Crippen MR) is 45.0 cm³/mol. The third-order valence-corrected chi connectivity index (χ3v) is 2.16. The molecule has 62 valence electrons. The van der Waals surface area contributed by atoms with Gasteiger partial charge in [-0.05, 0) is 12.5 Å². The standard InChI is InChI=1S/C8H11ClFN/c1-3-8-7(9)4-6(10)5-11(8)2/h4-5,8H,3H2,1-2H3. The van der Waals surface area contributed by atoms with E-state index in [2.05, 4.69) is 0 Å². The van der Waals surface area contributed by atoms with Crippen molar-refractivity contribution >= 4 is 11.6 Å². The minimum atomic E-state index is -0.276. The molecule has 1 heterocycles. The summed E-state index contributed by atoms with van der Waals surface area (Å²) in [5, 5.41) is 0.579. The SMILES string of the molecule is CCC1C(Cl)=CC(F)=CN1C. The Morgan fingerprint density at radius 2 is 2.36 bits per heavy atom. The highest BCUT2D eigenvalue weighted by Crippen LogP contribution is 2.24. The van der Waals surface area contributed by atoms with Gasteiger partial charge in [0.1, 0.15) is 5.83 Å². The average Bonchev–Trinajstić information content (AvgIpc) is 1.85. The molecule has 11 heavy (non-hydrogen) atoms. The van der Waals surface area contributed by atoms with E-state index >= 15 is 0 Å². The maximum atomic E-state index is 12.7. The molecule has 0 saturated heterocycles. The highest BCUT2D eigenvalue weighted by atomic mass is 35.5. The Morgan fingerprint density at radius 3 is 2.82 bits per heavy atom. The Morgan fingerprint density at radius 1 is 1.73 bits per heavy atom. The normalized spacial score (nSPS) is 24.7. The highest BCUT2D eigenvalue weighted by molar-refractivity contribution is 6.30. The summed E-state index contributed by atoms with van der Waals surface area (Å²) in [4.78, 5) is 1.79. The third kappa shape index (κ3) is 1.74. The van der Waals surface area contributed by atoms with E-state index in [9.17, 15) is 4.39 Å². The Labute approximate surface area is 71.1 Å². The molecule has 0 spiro atoms. The van der Waals surface area contributed by atoms with Gasteiger partial charge in [0, 0.05) is 18.3 Å². The summed E-state index contributed by atoms with van der Waals surface area (Å²) in [7, 11) is 1.82. The van der Waals surface area contributed by atoms with Crippen molar-refractivity contribution in [3.63, 3.8) is 0 Å². The van der Waals surface area contributed by atoms with Gasteiger partial charge in [-0.25, -0.2) is 4.39 Å². The van der Waals surface area contributed by atoms with E-state index in [1.807, 2.05) is 14.0 Å². The first-order valence-corrected chi connectivity index (χ1v) is 3.99. The van der Waals surface area contributed by atoms with Crippen molar-refractivity contribution in [1.82, 2.24) is 4.90 Å². The molecule has 0 fully saturated rings. The highest BCUT2D eigenvalue weighted by Gasteiger charge is 2.18. The fraction of sp³-hybridized carbons (Fsp3) is 0.500. The van der Waals surface area contributed by atoms with Crippen LogP contribution in [0.3, 0.4) is 0 Å². The minimum absolute atomic E-state index is 0.149. The predicted octanol–water partition coefficient (Wildman–Crippen LogP) is 2.64. The first kappa shape index (κ1) is 8.60. The van der Waals surface area contributed by atoms with E-state index in [4.69, 9.17) is 11.6 Å². The van der Waals surface area contributed by atoms with E-state index in [1.165, 1.54) is 12.3 Å². The van der Waals surface area contributed by atoms with Gasteiger partial charge in [-0.3, -0.25) is 0 Å². The van der Waals surface area contributed by atoms with Gasteiger partial charge in [0.2, 0.25) is 0 Å². The maximum Gasteiger partial charge on any atom is 0.140 e. The van der Waals surface area contributed by atoms with E-state index in [1.54, 1.807) is 4.90 Å². The molecule has 0 bridgehead atoms. The van der Waals surface area contributed by atoms with Gasteiger partial charge >= 0.3 is 0 Å². The summed E-state index contributed by atoms with van der Waals surface area (Å²) in [6.07, 6.45) is 3.73. The summed E-state index contributed by atoms with van der Waals surface area (Å²) >= 11 is 5.81. The van der Waals surface area contributed by atoms with Crippen LogP contribution in [0.15, 0.2) is 23.1 Å². The molecule has 0 amide bonds. The zero-order valence-corrected chi connectivity index (χ0v) is 7.40. The molecular weight excluding hydrogens is 165 g/mol. The lowest BCUT2D eigenvalue weighted by Crippen LogP contribution is -2.29. The minimum Gasteiger partial charge on any atom is -0.370 e. The van der Waals surface area contributed by atoms with Gasteiger partial charge in [-0.2, -0.15) is 0 Å². The molecule has 0 N–H and O–H groups in total. The number of allylic oxidation sites excluding steroid dienone is 2. The molecule has 1 aliphatic rings. The van der Waals surface area contributed by atoms with Crippen molar-refractivity contribution in [2.75, 3.05) is 7.05 Å². The van der Waals surface area contributed by atoms with Crippen LogP contribution >= 0.6 is 11.6 Å². The molecule has 3 heteroatoms. The number of likely N-dealkylation sites (N-methyl/N-ethyl adjacent to an activating group) is 1. The van der Waals surface area contributed by atoms with Gasteiger partial charge in [-0.15, -0.1) is 0 Å². The second-order valence-electron chi connectivity index (χ2n) is 2.63. The lowest BCUT2D eigenvalue weighted by molar-refractivity contribution is 0.352. The zero-order chi connectivity index (χ0) is 8.43. The number of hydrogen-bond acceptors (Lipinski definition) is 1. The van der Waals surface area contributed by atoms with Gasteiger partial charge < -0.3 is 4.90 Å². The maximum absolute atomic E-state index is 12.7. The summed E-state index contributed by atoms with van der Waals surface area (Å²) in [6, 6.07) is 0.149. The van der Waals surface area contributed by atoms with Gasteiger partial charge in [-0.1, -0.05) is 18.5 Å². The monoisotopic (exact) mass is 175 g/mol. The topological polar surface area (TPSA) is 3.24 Å². The summed E-state index contributed by atoms with van der Waals surface area (Å²) in [6.45, 7) is 2.02. The molecule has 1 nitrogen and oxygen atoms in total. The lowest BCUT2D eigenvalue weighted by Gasteiger charge is -2.28. The molecule has 0 aromatic carbocycles. The average molecular weight is 176 g/mol. The second kappa shape index (κ2) is 3.26. The van der Waals surface area contributed by atoms with E-state index in [0.29, 0.717) is 5.03 Å². The first-order valence-electron chi connectivity index (χ1n) is 3.61. The smallest absolute Gasteiger partial charge is 0.140 e. The van der Waals surface area contributed by atoms with Crippen LogP contribution in [0.4, 0.5) is 4.39 Å². The van der Waals surface area contributed by atoms with Crippen molar-refractivity contribution in [2.24, 2.45) is 0 Å². The Balaban J connectivity index is 2.82. The van der Waals surface area contributed by atoms with Crippen molar-refractivity contribution in [2.45, 2.75) is 19.4 Å². The molecule has 0 aromatic rings. The van der Waals surface area contributed by atoms with Gasteiger partial charge in [0.05, 0.1) is 6.04 Å². The van der Waals surface area contributed by atoms with E-state index in [0.717, 1.165) is 6.42 Å². The summed E-state index contributed by atoms with van der Waals surface area (Å²) < 4.78 is 12.7. The largest absolute Gasteiger partial charge is 0.370 e. The number of rotatable bonds is 1. The fourth-order valence-corrected chi connectivity index (χ4v) is 1.64. The van der Waals surface area contributed by atoms with Crippen LogP contribution in [0.5, 0.6) is 0 Å².